The summed E-state index contributed by atoms with van der Waals surface area (Å²) in [5.41, 5.74) is 6.70. The standard InChI is InChI=1S/C10H10ClN5OS/c11-6-1-2-8(7(12)3-6)15-9(17)4-18-10-13-5-14-16-10/h1-3,5H,4,12H2,(H,15,17)(H,13,14,16). The lowest BCUT2D eigenvalue weighted by atomic mass is 10.2. The van der Waals surface area contributed by atoms with Crippen molar-refractivity contribution in [1.29, 1.82) is 0 Å². The summed E-state index contributed by atoms with van der Waals surface area (Å²) in [6.45, 7) is 0. The molecule has 0 atom stereocenters. The van der Waals surface area contributed by atoms with Crippen molar-refractivity contribution in [1.82, 2.24) is 15.2 Å². The molecule has 94 valence electrons. The Morgan fingerprint density at radius 3 is 3.06 bits per heavy atom. The highest BCUT2D eigenvalue weighted by molar-refractivity contribution is 7.99. The van der Waals surface area contributed by atoms with Gasteiger partial charge in [-0.1, -0.05) is 23.4 Å². The highest BCUT2D eigenvalue weighted by atomic mass is 35.5. The third-order valence-corrected chi connectivity index (χ3v) is 3.13. The number of carbonyl (C=O) groups excluding carboxylic acids is 1. The summed E-state index contributed by atoms with van der Waals surface area (Å²) < 4.78 is 0. The molecule has 0 unspecified atom stereocenters. The van der Waals surface area contributed by atoms with Gasteiger partial charge in [0.25, 0.3) is 0 Å². The normalized spacial score (nSPS) is 10.3. The molecule has 0 saturated heterocycles. The van der Waals surface area contributed by atoms with Crippen LogP contribution < -0.4 is 11.1 Å². The van der Waals surface area contributed by atoms with Crippen molar-refractivity contribution in [3.63, 3.8) is 0 Å². The molecule has 0 aliphatic heterocycles. The third-order valence-electron chi connectivity index (χ3n) is 2.02. The second-order valence-corrected chi connectivity index (χ2v) is 4.76. The van der Waals surface area contributed by atoms with Gasteiger partial charge in [0.2, 0.25) is 5.91 Å². The zero-order valence-electron chi connectivity index (χ0n) is 9.18. The monoisotopic (exact) mass is 283 g/mol. The Morgan fingerprint density at radius 1 is 1.56 bits per heavy atom. The number of nitrogens with two attached hydrogens (primary N) is 1. The van der Waals surface area contributed by atoms with E-state index in [1.807, 2.05) is 0 Å². The molecule has 1 amide bonds. The smallest absolute Gasteiger partial charge is 0.234 e. The summed E-state index contributed by atoms with van der Waals surface area (Å²) in [6, 6.07) is 4.91. The Labute approximate surface area is 112 Å². The van der Waals surface area contributed by atoms with E-state index < -0.39 is 0 Å². The maximum atomic E-state index is 11.7. The van der Waals surface area contributed by atoms with Crippen LogP contribution in [0.3, 0.4) is 0 Å². The first-order valence-corrected chi connectivity index (χ1v) is 6.34. The Balaban J connectivity index is 1.91. The van der Waals surface area contributed by atoms with Gasteiger partial charge in [-0.2, -0.15) is 5.10 Å². The lowest BCUT2D eigenvalue weighted by Crippen LogP contribution is -2.15. The number of H-pyrrole nitrogens is 1. The van der Waals surface area contributed by atoms with Gasteiger partial charge in [0.05, 0.1) is 17.1 Å². The lowest BCUT2D eigenvalue weighted by molar-refractivity contribution is -0.113. The number of nitrogens with one attached hydrogen (secondary N) is 2. The average molecular weight is 284 g/mol. The van der Waals surface area contributed by atoms with Gasteiger partial charge in [0.15, 0.2) is 5.16 Å². The van der Waals surface area contributed by atoms with E-state index in [2.05, 4.69) is 20.5 Å². The summed E-state index contributed by atoms with van der Waals surface area (Å²) in [5, 5.41) is 10.2. The SMILES string of the molecule is Nc1cc(Cl)ccc1NC(=O)CSc1ncn[nH]1. The van der Waals surface area contributed by atoms with Gasteiger partial charge in [-0.25, -0.2) is 4.98 Å². The minimum absolute atomic E-state index is 0.176. The zero-order valence-corrected chi connectivity index (χ0v) is 10.8. The fourth-order valence-corrected chi connectivity index (χ4v) is 1.99. The van der Waals surface area contributed by atoms with E-state index in [-0.39, 0.29) is 11.7 Å². The van der Waals surface area contributed by atoms with Crippen molar-refractivity contribution in [2.45, 2.75) is 5.16 Å². The van der Waals surface area contributed by atoms with Crippen molar-refractivity contribution in [2.75, 3.05) is 16.8 Å². The minimum Gasteiger partial charge on any atom is -0.397 e. The fraction of sp³-hybridized carbons (Fsp3) is 0.100. The number of anilines is 2. The van der Waals surface area contributed by atoms with Crippen LogP contribution in [0.2, 0.25) is 5.02 Å². The molecule has 2 rings (SSSR count). The molecular formula is C10H10ClN5OS. The number of hydrogen-bond donors (Lipinski definition) is 3. The van der Waals surface area contributed by atoms with Crippen LogP contribution in [0.15, 0.2) is 29.7 Å². The van der Waals surface area contributed by atoms with Gasteiger partial charge in [-0.3, -0.25) is 9.89 Å². The number of aromatic amines is 1. The van der Waals surface area contributed by atoms with Gasteiger partial charge in [-0.15, -0.1) is 0 Å². The minimum atomic E-state index is -0.176. The summed E-state index contributed by atoms with van der Waals surface area (Å²) in [6.07, 6.45) is 1.39. The number of benzene rings is 1. The van der Waals surface area contributed by atoms with Gasteiger partial charge >= 0.3 is 0 Å². The van der Waals surface area contributed by atoms with Crippen molar-refractivity contribution in [2.24, 2.45) is 0 Å². The Morgan fingerprint density at radius 2 is 2.39 bits per heavy atom. The maximum absolute atomic E-state index is 11.7. The van der Waals surface area contributed by atoms with Crippen LogP contribution in [-0.4, -0.2) is 26.8 Å². The number of rotatable bonds is 4. The van der Waals surface area contributed by atoms with Gasteiger partial charge < -0.3 is 11.1 Å². The highest BCUT2D eigenvalue weighted by Gasteiger charge is 2.07. The molecule has 6 nitrogen and oxygen atoms in total. The summed E-state index contributed by atoms with van der Waals surface area (Å²) >= 11 is 7.02. The molecule has 18 heavy (non-hydrogen) atoms. The number of thioether (sulfide) groups is 1. The van der Waals surface area contributed by atoms with Crippen LogP contribution >= 0.6 is 23.4 Å². The van der Waals surface area contributed by atoms with E-state index in [0.29, 0.717) is 21.6 Å². The second-order valence-electron chi connectivity index (χ2n) is 3.36. The van der Waals surface area contributed by atoms with E-state index in [1.54, 1.807) is 18.2 Å². The highest BCUT2D eigenvalue weighted by Crippen LogP contribution is 2.23. The van der Waals surface area contributed by atoms with Crippen LogP contribution in [0.1, 0.15) is 0 Å². The van der Waals surface area contributed by atoms with E-state index in [9.17, 15) is 4.79 Å². The summed E-state index contributed by atoms with van der Waals surface area (Å²) in [5.74, 6) is 0.0440. The van der Waals surface area contributed by atoms with E-state index in [1.165, 1.54) is 18.1 Å². The molecule has 0 aliphatic rings. The number of carbonyl (C=O) groups is 1. The Hall–Kier alpha value is -1.73. The molecule has 0 fully saturated rings. The van der Waals surface area contributed by atoms with Crippen LogP contribution in [0.5, 0.6) is 0 Å². The molecule has 0 aliphatic carbocycles. The number of nitrogens with zero attached hydrogens (tertiary/aromatic N) is 2. The molecule has 0 radical (unpaired) electrons. The summed E-state index contributed by atoms with van der Waals surface area (Å²) in [7, 11) is 0. The molecule has 1 aromatic heterocycles. The molecule has 0 bridgehead atoms. The number of aromatic nitrogens is 3. The predicted molar refractivity (Wildman–Crippen MR) is 71.6 cm³/mol. The Bertz CT molecular complexity index is 545. The van der Waals surface area contributed by atoms with Crippen molar-refractivity contribution >= 4 is 40.6 Å². The maximum Gasteiger partial charge on any atom is 0.234 e. The molecule has 0 saturated carbocycles. The van der Waals surface area contributed by atoms with Crippen LogP contribution in [-0.2, 0) is 4.79 Å². The molecular weight excluding hydrogens is 274 g/mol. The molecule has 1 heterocycles. The predicted octanol–water partition coefficient (Wildman–Crippen LogP) is 1.77. The van der Waals surface area contributed by atoms with Gasteiger partial charge in [0, 0.05) is 5.02 Å². The van der Waals surface area contributed by atoms with E-state index >= 15 is 0 Å². The van der Waals surface area contributed by atoms with Crippen molar-refractivity contribution in [3.05, 3.63) is 29.5 Å². The average Bonchev–Trinajstić information content (AvgIpc) is 2.83. The topological polar surface area (TPSA) is 96.7 Å². The molecule has 1 aromatic carbocycles. The third kappa shape index (κ3) is 3.38. The molecule has 8 heteroatoms. The zero-order chi connectivity index (χ0) is 13.0. The van der Waals surface area contributed by atoms with Gasteiger partial charge in [-0.05, 0) is 18.2 Å². The largest absolute Gasteiger partial charge is 0.397 e. The quantitative estimate of drug-likeness (QED) is 0.587. The van der Waals surface area contributed by atoms with E-state index in [4.69, 9.17) is 17.3 Å². The van der Waals surface area contributed by atoms with Crippen molar-refractivity contribution < 1.29 is 4.79 Å². The summed E-state index contributed by atoms with van der Waals surface area (Å²) in [4.78, 5) is 15.6. The number of amides is 1. The number of halogens is 1. The molecule has 0 spiro atoms. The van der Waals surface area contributed by atoms with Crippen LogP contribution in [0.4, 0.5) is 11.4 Å². The molecule has 2 aromatic rings. The number of nitrogen functional groups attached to an aromatic ring is 1. The molecule has 4 N–H and O–H groups in total. The fourth-order valence-electron chi connectivity index (χ4n) is 1.23. The van der Waals surface area contributed by atoms with Crippen molar-refractivity contribution in [3.8, 4) is 0 Å². The van der Waals surface area contributed by atoms with Crippen LogP contribution in [0, 0.1) is 0 Å². The first kappa shape index (κ1) is 12.7. The number of hydrogen-bond acceptors (Lipinski definition) is 5. The Kier molecular flexibility index (Phi) is 4.06. The first-order valence-electron chi connectivity index (χ1n) is 4.98. The van der Waals surface area contributed by atoms with Gasteiger partial charge in [0.1, 0.15) is 6.33 Å². The first-order chi connectivity index (χ1) is 8.65. The van der Waals surface area contributed by atoms with Crippen LogP contribution in [0.25, 0.3) is 0 Å². The lowest BCUT2D eigenvalue weighted by Gasteiger charge is -2.07. The van der Waals surface area contributed by atoms with E-state index in [0.717, 1.165) is 0 Å². The second kappa shape index (κ2) is 5.74.